The molecule has 0 aliphatic carbocycles. The van der Waals surface area contributed by atoms with Crippen molar-refractivity contribution in [3.8, 4) is 0 Å². The molecule has 3 aromatic rings. The lowest BCUT2D eigenvalue weighted by molar-refractivity contribution is -0.271. The molecular formula is C19H19F3N6O2. The van der Waals surface area contributed by atoms with Crippen LogP contribution in [-0.2, 0) is 12.6 Å². The van der Waals surface area contributed by atoms with Gasteiger partial charge in [-0.25, -0.2) is 4.98 Å². The summed E-state index contributed by atoms with van der Waals surface area (Å²) in [5.74, 6) is -0.812. The molecule has 8 nitrogen and oxygen atoms in total. The number of nitrogens with zero attached hydrogens (tertiary/aromatic N) is 4. The van der Waals surface area contributed by atoms with Gasteiger partial charge < -0.3 is 20.3 Å². The zero-order valence-corrected chi connectivity index (χ0v) is 15.9. The summed E-state index contributed by atoms with van der Waals surface area (Å²) in [6, 6.07) is 11.6. The molecule has 11 heteroatoms. The van der Waals surface area contributed by atoms with Crippen LogP contribution in [0, 0.1) is 0 Å². The van der Waals surface area contributed by atoms with Gasteiger partial charge in [0.1, 0.15) is 11.6 Å². The lowest BCUT2D eigenvalue weighted by Gasteiger charge is -2.30. The number of nitrogens with one attached hydrogen (secondary N) is 2. The molecule has 3 N–H and O–H groups in total. The van der Waals surface area contributed by atoms with Crippen molar-refractivity contribution in [2.45, 2.75) is 18.2 Å². The monoisotopic (exact) mass is 420 g/mol. The Morgan fingerprint density at radius 3 is 2.43 bits per heavy atom. The van der Waals surface area contributed by atoms with Crippen LogP contribution in [-0.4, -0.2) is 43.5 Å². The van der Waals surface area contributed by atoms with Crippen LogP contribution in [0.5, 0.6) is 0 Å². The summed E-state index contributed by atoms with van der Waals surface area (Å²) in [4.78, 5) is 15.8. The van der Waals surface area contributed by atoms with Crippen LogP contribution < -0.4 is 10.6 Å². The van der Waals surface area contributed by atoms with Gasteiger partial charge in [-0.15, -0.1) is 10.2 Å². The van der Waals surface area contributed by atoms with E-state index in [1.54, 1.807) is 24.3 Å². The average molecular weight is 420 g/mol. The zero-order valence-electron chi connectivity index (χ0n) is 15.9. The van der Waals surface area contributed by atoms with Gasteiger partial charge in [0.05, 0.1) is 0 Å². The Bertz CT molecular complexity index is 992. The van der Waals surface area contributed by atoms with Gasteiger partial charge in [0.15, 0.2) is 5.69 Å². The number of hydrogen-bond donors (Lipinski definition) is 3. The first kappa shape index (κ1) is 21.2. The molecule has 0 saturated carbocycles. The van der Waals surface area contributed by atoms with Crippen LogP contribution in [0.25, 0.3) is 0 Å². The van der Waals surface area contributed by atoms with Crippen LogP contribution in [0.15, 0.2) is 54.9 Å². The highest BCUT2D eigenvalue weighted by atomic mass is 19.4. The number of anilines is 2. The summed E-state index contributed by atoms with van der Waals surface area (Å²) < 4.78 is 41.6. The van der Waals surface area contributed by atoms with E-state index in [-0.39, 0.29) is 18.1 Å². The van der Waals surface area contributed by atoms with E-state index < -0.39 is 29.9 Å². The van der Waals surface area contributed by atoms with Crippen LogP contribution in [0.3, 0.4) is 0 Å². The minimum Gasteiger partial charge on any atom is -0.374 e. The number of aliphatic hydroxyl groups is 1. The van der Waals surface area contributed by atoms with Crippen molar-refractivity contribution in [3.05, 3.63) is 66.4 Å². The molecular weight excluding hydrogens is 401 g/mol. The number of halogens is 3. The Labute approximate surface area is 169 Å². The van der Waals surface area contributed by atoms with Gasteiger partial charge in [-0.05, 0) is 24.3 Å². The Morgan fingerprint density at radius 2 is 1.87 bits per heavy atom. The molecule has 0 radical (unpaired) electrons. The van der Waals surface area contributed by atoms with Crippen molar-refractivity contribution < 1.29 is 23.1 Å². The molecule has 3 rings (SSSR count). The van der Waals surface area contributed by atoms with E-state index in [4.69, 9.17) is 0 Å². The summed E-state index contributed by atoms with van der Waals surface area (Å²) in [7, 11) is 1.37. The largest absolute Gasteiger partial charge is 0.424 e. The van der Waals surface area contributed by atoms with E-state index in [1.807, 2.05) is 6.07 Å². The fourth-order valence-corrected chi connectivity index (χ4v) is 2.78. The molecule has 158 valence electrons. The third kappa shape index (κ3) is 4.57. The Balaban J connectivity index is 1.62. The van der Waals surface area contributed by atoms with E-state index in [0.29, 0.717) is 5.69 Å². The maximum absolute atomic E-state index is 13.5. The molecule has 0 bridgehead atoms. The van der Waals surface area contributed by atoms with Gasteiger partial charge in [-0.3, -0.25) is 4.79 Å². The van der Waals surface area contributed by atoms with E-state index in [2.05, 4.69) is 25.8 Å². The van der Waals surface area contributed by atoms with Crippen molar-refractivity contribution in [2.75, 3.05) is 17.2 Å². The van der Waals surface area contributed by atoms with Gasteiger partial charge in [0.2, 0.25) is 5.60 Å². The number of rotatable bonds is 7. The van der Waals surface area contributed by atoms with Crippen molar-refractivity contribution >= 4 is 17.4 Å². The van der Waals surface area contributed by atoms with Crippen LogP contribution in [0.2, 0.25) is 0 Å². The second kappa shape index (κ2) is 8.49. The summed E-state index contributed by atoms with van der Waals surface area (Å²) >= 11 is 0. The topological polar surface area (TPSA) is 105 Å². The van der Waals surface area contributed by atoms with Gasteiger partial charge >= 0.3 is 6.18 Å². The smallest absolute Gasteiger partial charge is 0.374 e. The van der Waals surface area contributed by atoms with E-state index >= 15 is 0 Å². The lowest BCUT2D eigenvalue weighted by atomic mass is 9.97. The number of aryl methyl sites for hydroxylation is 1. The molecule has 30 heavy (non-hydrogen) atoms. The van der Waals surface area contributed by atoms with Crippen LogP contribution in [0.1, 0.15) is 22.7 Å². The number of carbonyl (C=O) groups excluding carboxylic acids is 1. The van der Waals surface area contributed by atoms with Crippen LogP contribution in [0.4, 0.5) is 24.7 Å². The standard InChI is InChI=1S/C19H19F3N6O2/c1-28-12-11-24-17(28)18(30,19(20,21)22)9-10-23-15-8-7-14(26-27-15)16(29)25-13-5-3-2-4-6-13/h2-8,11-12,30H,9-10H2,1H3,(H,23,27)(H,25,29). The molecule has 1 amide bonds. The minimum atomic E-state index is -4.92. The van der Waals surface area contributed by atoms with Crippen molar-refractivity contribution in [1.82, 2.24) is 19.7 Å². The number of aromatic nitrogens is 4. The zero-order chi connectivity index (χ0) is 21.8. The number of carbonyl (C=O) groups is 1. The Hall–Kier alpha value is -3.47. The molecule has 1 atom stereocenters. The van der Waals surface area contributed by atoms with Gasteiger partial charge in [0.25, 0.3) is 5.91 Å². The SMILES string of the molecule is Cn1ccnc1C(O)(CCNc1ccc(C(=O)Nc2ccccc2)nn1)C(F)(F)F. The first-order chi connectivity index (χ1) is 14.2. The number of imidazole rings is 1. The second-order valence-electron chi connectivity index (χ2n) is 6.52. The highest BCUT2D eigenvalue weighted by Crippen LogP contribution is 2.40. The van der Waals surface area contributed by atoms with Gasteiger partial charge in [0, 0.05) is 38.1 Å². The molecule has 2 aromatic heterocycles. The first-order valence-electron chi connectivity index (χ1n) is 8.91. The Morgan fingerprint density at radius 1 is 1.13 bits per heavy atom. The number of para-hydroxylation sites is 1. The maximum Gasteiger partial charge on any atom is 0.424 e. The molecule has 1 aromatic carbocycles. The van der Waals surface area contributed by atoms with E-state index in [9.17, 15) is 23.1 Å². The maximum atomic E-state index is 13.5. The molecule has 0 aliphatic rings. The summed E-state index contributed by atoms with van der Waals surface area (Å²) in [5.41, 5.74) is -2.49. The molecule has 1 unspecified atom stereocenters. The minimum absolute atomic E-state index is 0.0456. The highest BCUT2D eigenvalue weighted by molar-refractivity contribution is 6.02. The summed E-state index contributed by atoms with van der Waals surface area (Å²) in [6.45, 7) is -0.257. The average Bonchev–Trinajstić information content (AvgIpc) is 3.14. The van der Waals surface area contributed by atoms with Crippen molar-refractivity contribution in [1.29, 1.82) is 0 Å². The number of benzene rings is 1. The fourth-order valence-electron chi connectivity index (χ4n) is 2.78. The molecule has 0 aliphatic heterocycles. The third-order valence-corrected chi connectivity index (χ3v) is 4.38. The van der Waals surface area contributed by atoms with Gasteiger partial charge in [-0.1, -0.05) is 18.2 Å². The van der Waals surface area contributed by atoms with Crippen molar-refractivity contribution in [3.63, 3.8) is 0 Å². The number of hydrogen-bond acceptors (Lipinski definition) is 6. The molecule has 0 fully saturated rings. The third-order valence-electron chi connectivity index (χ3n) is 4.38. The highest BCUT2D eigenvalue weighted by Gasteiger charge is 2.57. The predicted molar refractivity (Wildman–Crippen MR) is 103 cm³/mol. The number of alkyl halides is 3. The van der Waals surface area contributed by atoms with Crippen LogP contribution >= 0.6 is 0 Å². The predicted octanol–water partition coefficient (Wildman–Crippen LogP) is 2.71. The molecule has 0 saturated heterocycles. The molecule has 0 spiro atoms. The van der Waals surface area contributed by atoms with E-state index in [1.165, 1.54) is 31.6 Å². The lowest BCUT2D eigenvalue weighted by Crippen LogP contribution is -2.45. The fraction of sp³-hybridized carbons (Fsp3) is 0.263. The normalized spacial score (nSPS) is 13.5. The molecule has 2 heterocycles. The quantitative estimate of drug-likeness (QED) is 0.543. The number of amides is 1. The van der Waals surface area contributed by atoms with Crippen molar-refractivity contribution in [2.24, 2.45) is 7.05 Å². The first-order valence-corrected chi connectivity index (χ1v) is 8.91. The Kier molecular flexibility index (Phi) is 6.01. The van der Waals surface area contributed by atoms with E-state index in [0.717, 1.165) is 4.57 Å². The summed E-state index contributed by atoms with van der Waals surface area (Å²) in [6.07, 6.45) is -3.10. The summed E-state index contributed by atoms with van der Waals surface area (Å²) in [5, 5.41) is 23.2. The van der Waals surface area contributed by atoms with Gasteiger partial charge in [-0.2, -0.15) is 13.2 Å². The second-order valence-corrected chi connectivity index (χ2v) is 6.52.